The van der Waals surface area contributed by atoms with Crippen LogP contribution in [0.5, 0.6) is 0 Å². The zero-order valence-electron chi connectivity index (χ0n) is 31.9. The van der Waals surface area contributed by atoms with Crippen LogP contribution in [-0.4, -0.2) is 88.5 Å². The fraction of sp³-hybridized carbons (Fsp3) is 1.00. The molecule has 480 valence electrons. The van der Waals surface area contributed by atoms with Crippen LogP contribution in [0.15, 0.2) is 0 Å². The van der Waals surface area contributed by atoms with Crippen molar-refractivity contribution in [3.63, 3.8) is 0 Å². The molecule has 0 rings (SSSR count). The first-order valence-electron chi connectivity index (χ1n) is 12.4. The van der Waals surface area contributed by atoms with Crippen molar-refractivity contribution in [1.82, 2.24) is 0 Å². The van der Waals surface area contributed by atoms with Gasteiger partial charge in [-0.1, -0.05) is 626 Å². The van der Waals surface area contributed by atoms with E-state index in [4.69, 9.17) is 632 Å². The molecule has 0 amide bonds. The third-order valence-corrected chi connectivity index (χ3v) is 0.538. The van der Waals surface area contributed by atoms with E-state index < -0.39 is 83.4 Å². The van der Waals surface area contributed by atoms with E-state index in [1.165, 1.54) is 0 Å². The van der Waals surface area contributed by atoms with E-state index in [1.54, 1.807) is 0 Å². The summed E-state index contributed by atoms with van der Waals surface area (Å²) in [4.78, 5) is 0. The molecule has 74 heavy (non-hydrogen) atoms. The Morgan fingerprint density at radius 3 is 0.162 bits per heavy atom. The fourth-order valence-corrected chi connectivity index (χ4v) is 0. The molecule has 0 radical (unpaired) electrons. The molecule has 0 atom stereocenters. The first kappa shape index (κ1) is 137. The number of halogens is 54. The molecule has 0 aliphatic carbocycles. The molecular weight excluding hydrogens is 2160 g/mol. The monoisotopic (exact) mass is 2150 g/mol. The van der Waals surface area contributed by atoms with Gasteiger partial charge in [0.15, 0.2) is 73.0 Å². The van der Waals surface area contributed by atoms with Gasteiger partial charge in [0.2, 0.25) is 3.79 Å². The number of hydrogen-bond donors (Lipinski definition) is 1. The van der Waals surface area contributed by atoms with Crippen LogP contribution in [0.1, 0.15) is 0 Å². The molecule has 0 aromatic carbocycles. The van der Waals surface area contributed by atoms with Crippen molar-refractivity contribution in [1.29, 1.82) is 0 Å². The summed E-state index contributed by atoms with van der Waals surface area (Å²) in [6.07, 6.45) is 0. The molecule has 0 fully saturated rings. The first-order valence-corrected chi connectivity index (χ1v) is 35.8. The van der Waals surface area contributed by atoms with E-state index in [2.05, 4.69) is 0 Å². The second-order valence-electron chi connectivity index (χ2n) is 4.98. The van der Waals surface area contributed by atoms with Gasteiger partial charge in [-0.3, -0.25) is 0 Å². The average Bonchev–Trinajstić information content (AvgIpc) is 2.96. The predicted molar refractivity (Wildman–Crippen MR) is 390 cm³/mol. The molecule has 0 aromatic heterocycles. The van der Waals surface area contributed by atoms with Crippen molar-refractivity contribution in [3.05, 3.63) is 0 Å². The molecule has 0 aromatic rings. The Morgan fingerprint density at radius 2 is 0.162 bits per heavy atom. The maximum atomic E-state index is 8.01. The van der Waals surface area contributed by atoms with Gasteiger partial charge in [0, 0.05) is 0 Å². The van der Waals surface area contributed by atoms with Gasteiger partial charge in [-0.05, 0) is 0 Å². The summed E-state index contributed by atoms with van der Waals surface area (Å²) < 4.78 is -14.2. The van der Waals surface area contributed by atoms with Crippen molar-refractivity contribution < 1.29 is 5.11 Å². The summed E-state index contributed by atoms with van der Waals surface area (Å²) >= 11 is 260. The highest BCUT2D eigenvalue weighted by molar-refractivity contribution is 6.70. The lowest BCUT2D eigenvalue weighted by atomic mass is 10.9. The van der Waals surface area contributed by atoms with E-state index >= 15 is 0 Å². The zero-order chi connectivity index (χ0) is 66.0. The van der Waals surface area contributed by atoms with Crippen LogP contribution in [0.2, 0.25) is 0 Å². The third-order valence-electron chi connectivity index (χ3n) is 0.179. The summed E-state index contributed by atoms with van der Waals surface area (Å²) in [5, 5.41) is 8.01. The van der Waals surface area contributed by atoms with Gasteiger partial charge in [0.05, 0.1) is 6.61 Å². The van der Waals surface area contributed by atoms with Gasteiger partial charge in [-0.2, -0.15) is 0 Å². The second-order valence-corrected chi connectivity index (χ2v) is 41.1. The summed E-state index contributed by atoms with van der Waals surface area (Å²) in [6, 6.07) is 0. The van der Waals surface area contributed by atoms with Crippen molar-refractivity contribution in [2.75, 3.05) is 6.61 Å². The molecule has 0 spiro atoms. The van der Waals surface area contributed by atoms with Gasteiger partial charge in [-0.15, -0.1) is 0 Å². The smallest absolute Gasteiger partial charge is 0.213 e. The van der Waals surface area contributed by atoms with Crippen molar-refractivity contribution in [2.24, 2.45) is 0 Å². The number of aliphatic hydroxyl groups excluding tert-OH is 1. The van der Waals surface area contributed by atoms with E-state index in [-0.39, 0.29) is 0 Å². The van der Waals surface area contributed by atoms with Crippen LogP contribution in [0, 0.1) is 0 Å². The Labute approximate surface area is 702 Å². The topological polar surface area (TPSA) is 20.2 Å². The SMILES string of the molecule is ClC(Cl)Cl.ClC(Cl)Cl.ClC(Cl)Cl.ClC(Cl)Cl.ClC(Cl)Cl.ClC(Cl)Cl.ClC(Cl)Cl.ClC(Cl)Cl.ClC(Cl)Cl.ClC(Cl)Cl.ClC(Cl)Cl.ClC(Cl)Cl.ClC(Cl)Cl.ClC(Cl)Cl.ClC(Cl)Cl.ClC(Cl)Cl.ClC(Cl)Cl.OCC(Cl)(Cl)Cl. The van der Waals surface area contributed by atoms with E-state index in [0.717, 1.165) is 0 Å². The Kier molecular flexibility index (Phi) is 233. The summed E-state index contributed by atoms with van der Waals surface area (Å²) in [7, 11) is 0. The maximum Gasteiger partial charge on any atom is 0.213 e. The van der Waals surface area contributed by atoms with E-state index in [9.17, 15) is 0 Å². The third kappa shape index (κ3) is 1900. The molecule has 0 heterocycles. The zero-order valence-corrected chi connectivity index (χ0v) is 72.7. The largest absolute Gasteiger partial charge is 0.392 e. The maximum absolute atomic E-state index is 8.01. The van der Waals surface area contributed by atoms with Crippen LogP contribution < -0.4 is 0 Å². The number of hydrogen-bond acceptors (Lipinski definition) is 1. The van der Waals surface area contributed by atoms with Gasteiger partial charge in [0.1, 0.15) is 0 Å². The number of rotatable bonds is 0. The fourth-order valence-electron chi connectivity index (χ4n) is 0. The minimum Gasteiger partial charge on any atom is -0.392 e. The van der Waals surface area contributed by atoms with Gasteiger partial charge < -0.3 is 5.11 Å². The lowest BCUT2D eigenvalue weighted by Crippen LogP contribution is -2.06. The normalized spacial score (nSPS) is 9.24. The van der Waals surface area contributed by atoms with Crippen LogP contribution in [0.25, 0.3) is 0 Å². The molecule has 0 bridgehead atoms. The van der Waals surface area contributed by atoms with Crippen LogP contribution >= 0.6 is 626 Å². The molecular formula is C19H20Cl54O. The van der Waals surface area contributed by atoms with E-state index in [0.29, 0.717) is 0 Å². The molecule has 55 heteroatoms. The van der Waals surface area contributed by atoms with Crippen molar-refractivity contribution in [3.8, 4) is 0 Å². The van der Waals surface area contributed by atoms with Gasteiger partial charge >= 0.3 is 0 Å². The van der Waals surface area contributed by atoms with Crippen molar-refractivity contribution >= 4 is 626 Å². The Bertz CT molecular complexity index is 449. The second kappa shape index (κ2) is 126. The summed E-state index contributed by atoms with van der Waals surface area (Å²) in [5.74, 6) is 0. The lowest BCUT2D eigenvalue weighted by Gasteiger charge is -2.01. The number of aliphatic hydroxyl groups is 1. The molecule has 0 saturated heterocycles. The van der Waals surface area contributed by atoms with Crippen LogP contribution in [0.4, 0.5) is 0 Å². The molecule has 0 saturated carbocycles. The van der Waals surface area contributed by atoms with Crippen LogP contribution in [-0.2, 0) is 0 Å². The first-order chi connectivity index (χ1) is 32.0. The highest BCUT2D eigenvalue weighted by Crippen LogP contribution is 2.24. The number of alkyl halides is 54. The van der Waals surface area contributed by atoms with Crippen molar-refractivity contribution in [2.45, 2.75) is 76.8 Å². The lowest BCUT2D eigenvalue weighted by molar-refractivity contribution is 0.303. The minimum absolute atomic E-state index is 0.433. The summed E-state index contributed by atoms with van der Waals surface area (Å²) in [5.41, 5.74) is 0. The Hall–Kier alpha value is 15.6. The molecule has 0 aliphatic heterocycles. The average molecular weight is 2180 g/mol. The Morgan fingerprint density at radius 1 is 0.149 bits per heavy atom. The molecule has 1 nitrogen and oxygen atoms in total. The molecule has 0 unspecified atom stereocenters. The standard InChI is InChI=1S/C2H3Cl3O.17CHCl3/c3-2(4,5)1-6;17*2-1(3)4/h6H,1H2;17*1H. The van der Waals surface area contributed by atoms with Crippen LogP contribution in [0.3, 0.4) is 0 Å². The minimum atomic E-state index is -1.49. The summed E-state index contributed by atoms with van der Waals surface area (Å²) in [6.45, 7) is -0.433. The van der Waals surface area contributed by atoms with Gasteiger partial charge in [0.25, 0.3) is 0 Å². The quantitative estimate of drug-likeness (QED) is 0.240. The highest BCUT2D eigenvalue weighted by Gasteiger charge is 2.16. The Balaban J connectivity index is -0.0000000281. The predicted octanol–water partition coefficient (Wildman–Crippen LogP) is 35.1. The molecule has 1 N–H and O–H groups in total. The highest BCUT2D eigenvalue weighted by atomic mass is 35.6. The van der Waals surface area contributed by atoms with E-state index in [1.807, 2.05) is 0 Å². The van der Waals surface area contributed by atoms with Gasteiger partial charge in [-0.25, -0.2) is 0 Å². The molecule has 0 aliphatic rings.